The Kier molecular flexibility index (Phi) is 4.27. The normalized spacial score (nSPS) is 15.1. The van der Waals surface area contributed by atoms with Crippen molar-refractivity contribution in [2.24, 2.45) is 5.92 Å². The zero-order chi connectivity index (χ0) is 14.7. The Morgan fingerprint density at radius 3 is 2.70 bits per heavy atom. The topological polar surface area (TPSA) is 66.8 Å². The average molecular weight is 277 g/mol. The van der Waals surface area contributed by atoms with Gasteiger partial charge in [-0.2, -0.15) is 0 Å². The first-order chi connectivity index (χ1) is 9.45. The number of ether oxygens (including phenoxy) is 1. The molecular weight excluding hydrogens is 258 g/mol. The number of carbonyl (C=O) groups excluding carboxylic acids is 1. The van der Waals surface area contributed by atoms with Crippen LogP contribution in [-0.2, 0) is 4.79 Å². The Bertz CT molecular complexity index is 506. The van der Waals surface area contributed by atoms with E-state index in [9.17, 15) is 9.59 Å². The number of hydrogen-bond acceptors (Lipinski definition) is 3. The molecule has 1 N–H and O–H groups in total. The maximum absolute atomic E-state index is 12.2. The molecule has 1 aliphatic rings. The van der Waals surface area contributed by atoms with Crippen LogP contribution in [0.25, 0.3) is 0 Å². The minimum atomic E-state index is -0.811. The summed E-state index contributed by atoms with van der Waals surface area (Å²) in [6.45, 7) is 4.89. The monoisotopic (exact) mass is 277 g/mol. The molecule has 0 radical (unpaired) electrons. The summed E-state index contributed by atoms with van der Waals surface area (Å²) in [6, 6.07) is 7.09. The molecule has 5 nitrogen and oxygen atoms in total. The molecule has 2 rings (SSSR count). The second kappa shape index (κ2) is 5.94. The molecule has 1 heterocycles. The van der Waals surface area contributed by atoms with Crippen LogP contribution in [0.1, 0.15) is 30.6 Å². The third-order valence-corrected chi connectivity index (χ3v) is 3.16. The minimum absolute atomic E-state index is 0.0595. The molecule has 20 heavy (non-hydrogen) atoms. The van der Waals surface area contributed by atoms with Gasteiger partial charge in [0.15, 0.2) is 0 Å². The molecule has 108 valence electrons. The fourth-order valence-corrected chi connectivity index (χ4v) is 2.27. The van der Waals surface area contributed by atoms with Gasteiger partial charge in [-0.05, 0) is 32.0 Å². The van der Waals surface area contributed by atoms with Crippen molar-refractivity contribution in [3.05, 3.63) is 29.8 Å². The third-order valence-electron chi connectivity index (χ3n) is 3.16. The highest BCUT2D eigenvalue weighted by Crippen LogP contribution is 2.23. The number of amides is 1. The van der Waals surface area contributed by atoms with E-state index in [0.29, 0.717) is 24.4 Å². The highest BCUT2D eigenvalue weighted by Gasteiger charge is 2.32. The van der Waals surface area contributed by atoms with Crippen molar-refractivity contribution in [1.82, 2.24) is 4.90 Å². The molecule has 0 saturated carbocycles. The molecule has 1 amide bonds. The molecule has 1 fully saturated rings. The molecule has 0 atom stereocenters. The zero-order valence-corrected chi connectivity index (χ0v) is 11.7. The van der Waals surface area contributed by atoms with Gasteiger partial charge in [-0.1, -0.05) is 6.07 Å². The lowest BCUT2D eigenvalue weighted by atomic mass is 9.95. The van der Waals surface area contributed by atoms with E-state index in [1.165, 1.54) is 0 Å². The predicted octanol–water partition coefficient (Wildman–Crippen LogP) is 2.02. The Morgan fingerprint density at radius 2 is 2.10 bits per heavy atom. The highest BCUT2D eigenvalue weighted by molar-refractivity contribution is 5.95. The molecule has 1 saturated heterocycles. The summed E-state index contributed by atoms with van der Waals surface area (Å²) in [5.41, 5.74) is 0.580. The van der Waals surface area contributed by atoms with Crippen molar-refractivity contribution >= 4 is 11.9 Å². The van der Waals surface area contributed by atoms with Gasteiger partial charge in [0.25, 0.3) is 5.91 Å². The van der Waals surface area contributed by atoms with Crippen LogP contribution in [0.5, 0.6) is 5.75 Å². The molecule has 0 aromatic heterocycles. The second-order valence-corrected chi connectivity index (χ2v) is 5.37. The van der Waals surface area contributed by atoms with E-state index in [1.54, 1.807) is 23.1 Å². The number of carboxylic acids is 1. The van der Waals surface area contributed by atoms with Crippen LogP contribution in [0.2, 0.25) is 0 Å². The first kappa shape index (κ1) is 14.4. The lowest BCUT2D eigenvalue weighted by Gasteiger charge is -2.38. The van der Waals surface area contributed by atoms with E-state index >= 15 is 0 Å². The van der Waals surface area contributed by atoms with Crippen LogP contribution < -0.4 is 4.74 Å². The number of likely N-dealkylation sites (tertiary alicyclic amines) is 1. The van der Waals surface area contributed by atoms with Crippen LogP contribution in [0.15, 0.2) is 24.3 Å². The molecule has 0 aliphatic carbocycles. The lowest BCUT2D eigenvalue weighted by molar-refractivity contribution is -0.139. The Hall–Kier alpha value is -2.04. The Labute approximate surface area is 118 Å². The SMILES string of the molecule is CC(C)Oc1cccc(C(=O)N2CC(CC(=O)O)C2)c1. The van der Waals surface area contributed by atoms with E-state index in [2.05, 4.69) is 0 Å². The van der Waals surface area contributed by atoms with Crippen LogP contribution in [-0.4, -0.2) is 41.1 Å². The molecule has 1 aliphatic heterocycles. The fraction of sp³-hybridized carbons (Fsp3) is 0.467. The van der Waals surface area contributed by atoms with Crippen molar-refractivity contribution in [2.75, 3.05) is 13.1 Å². The average Bonchev–Trinajstić information content (AvgIpc) is 2.31. The van der Waals surface area contributed by atoms with Crippen molar-refractivity contribution in [1.29, 1.82) is 0 Å². The van der Waals surface area contributed by atoms with Crippen LogP contribution in [0, 0.1) is 5.92 Å². The Balaban J connectivity index is 1.95. The maximum atomic E-state index is 12.2. The molecule has 1 aromatic carbocycles. The summed E-state index contributed by atoms with van der Waals surface area (Å²) < 4.78 is 5.56. The summed E-state index contributed by atoms with van der Waals surface area (Å²) in [5, 5.41) is 8.69. The maximum Gasteiger partial charge on any atom is 0.303 e. The Morgan fingerprint density at radius 1 is 1.40 bits per heavy atom. The van der Waals surface area contributed by atoms with Crippen molar-refractivity contribution in [2.45, 2.75) is 26.4 Å². The highest BCUT2D eigenvalue weighted by atomic mass is 16.5. The quantitative estimate of drug-likeness (QED) is 0.894. The number of rotatable bonds is 5. The number of nitrogens with zero attached hydrogens (tertiary/aromatic N) is 1. The summed E-state index contributed by atoms with van der Waals surface area (Å²) in [4.78, 5) is 24.5. The first-order valence-electron chi connectivity index (χ1n) is 6.73. The van der Waals surface area contributed by atoms with Crippen LogP contribution in [0.4, 0.5) is 0 Å². The van der Waals surface area contributed by atoms with Gasteiger partial charge in [0.1, 0.15) is 5.75 Å². The largest absolute Gasteiger partial charge is 0.491 e. The predicted molar refractivity (Wildman–Crippen MR) is 73.9 cm³/mol. The van der Waals surface area contributed by atoms with Crippen molar-refractivity contribution in [3.8, 4) is 5.75 Å². The molecule has 0 spiro atoms. The third kappa shape index (κ3) is 3.50. The number of carbonyl (C=O) groups is 2. The molecule has 0 bridgehead atoms. The molecular formula is C15H19NO4. The lowest BCUT2D eigenvalue weighted by Crippen LogP contribution is -2.50. The summed E-state index contributed by atoms with van der Waals surface area (Å²) in [7, 11) is 0. The number of carboxylic acid groups (broad SMARTS) is 1. The van der Waals surface area contributed by atoms with Gasteiger partial charge in [-0.25, -0.2) is 0 Å². The summed E-state index contributed by atoms with van der Waals surface area (Å²) in [5.74, 6) is -0.129. The van der Waals surface area contributed by atoms with E-state index in [-0.39, 0.29) is 24.3 Å². The van der Waals surface area contributed by atoms with Gasteiger partial charge in [-0.15, -0.1) is 0 Å². The van der Waals surface area contributed by atoms with Gasteiger partial charge >= 0.3 is 5.97 Å². The zero-order valence-electron chi connectivity index (χ0n) is 11.7. The molecule has 0 unspecified atom stereocenters. The smallest absolute Gasteiger partial charge is 0.303 e. The number of benzene rings is 1. The van der Waals surface area contributed by atoms with Gasteiger partial charge in [0, 0.05) is 24.6 Å². The van der Waals surface area contributed by atoms with Crippen LogP contribution >= 0.6 is 0 Å². The van der Waals surface area contributed by atoms with Gasteiger partial charge in [-0.3, -0.25) is 9.59 Å². The number of hydrogen-bond donors (Lipinski definition) is 1. The van der Waals surface area contributed by atoms with Gasteiger partial charge in [0.05, 0.1) is 12.5 Å². The first-order valence-corrected chi connectivity index (χ1v) is 6.73. The fourth-order valence-electron chi connectivity index (χ4n) is 2.27. The molecule has 1 aromatic rings. The number of aliphatic carboxylic acids is 1. The van der Waals surface area contributed by atoms with E-state index in [1.807, 2.05) is 19.9 Å². The van der Waals surface area contributed by atoms with E-state index in [4.69, 9.17) is 9.84 Å². The van der Waals surface area contributed by atoms with E-state index < -0.39 is 5.97 Å². The summed E-state index contributed by atoms with van der Waals surface area (Å²) in [6.07, 6.45) is 0.185. The van der Waals surface area contributed by atoms with Crippen molar-refractivity contribution < 1.29 is 19.4 Å². The second-order valence-electron chi connectivity index (χ2n) is 5.37. The molecule has 5 heteroatoms. The van der Waals surface area contributed by atoms with E-state index in [0.717, 1.165) is 0 Å². The minimum Gasteiger partial charge on any atom is -0.491 e. The van der Waals surface area contributed by atoms with Crippen molar-refractivity contribution in [3.63, 3.8) is 0 Å². The standard InChI is InChI=1S/C15H19NO4/c1-10(2)20-13-5-3-4-12(7-13)15(19)16-8-11(9-16)6-14(17)18/h3-5,7,10-11H,6,8-9H2,1-2H3,(H,17,18). The summed E-state index contributed by atoms with van der Waals surface area (Å²) >= 11 is 0. The van der Waals surface area contributed by atoms with Crippen LogP contribution in [0.3, 0.4) is 0 Å². The van der Waals surface area contributed by atoms with Gasteiger partial charge < -0.3 is 14.7 Å². The van der Waals surface area contributed by atoms with Gasteiger partial charge in [0.2, 0.25) is 0 Å².